The summed E-state index contributed by atoms with van der Waals surface area (Å²) in [6.07, 6.45) is 0. The number of thiazole rings is 1. The van der Waals surface area contributed by atoms with E-state index in [2.05, 4.69) is 15.6 Å². The Morgan fingerprint density at radius 1 is 1.00 bits per heavy atom. The maximum Gasteiger partial charge on any atom is 0.275 e. The molecule has 0 aliphatic rings. The van der Waals surface area contributed by atoms with E-state index in [0.717, 1.165) is 10.6 Å². The maximum absolute atomic E-state index is 12.4. The topological polar surface area (TPSA) is 71.1 Å². The van der Waals surface area contributed by atoms with Crippen LogP contribution in [0.3, 0.4) is 0 Å². The van der Waals surface area contributed by atoms with Crippen LogP contribution in [0.25, 0.3) is 10.6 Å². The lowest BCUT2D eigenvalue weighted by molar-refractivity contribution is -0.114. The molecule has 0 aliphatic heterocycles. The first-order valence-corrected chi connectivity index (χ1v) is 8.61. The molecule has 3 aromatic rings. The zero-order valence-electron chi connectivity index (χ0n) is 13.9. The molecular formula is C19H17N3O2S. The van der Waals surface area contributed by atoms with Crippen LogP contribution in [0.5, 0.6) is 0 Å². The smallest absolute Gasteiger partial charge is 0.275 e. The average Bonchev–Trinajstić information content (AvgIpc) is 3.05. The second kappa shape index (κ2) is 7.27. The number of aromatic nitrogens is 1. The van der Waals surface area contributed by atoms with Gasteiger partial charge in [0.1, 0.15) is 10.7 Å². The van der Waals surface area contributed by atoms with E-state index in [1.54, 1.807) is 29.6 Å². The Morgan fingerprint density at radius 2 is 1.68 bits per heavy atom. The predicted octanol–water partition coefficient (Wildman–Crippen LogP) is 4.33. The third-order valence-corrected chi connectivity index (χ3v) is 4.37. The van der Waals surface area contributed by atoms with Crippen molar-refractivity contribution in [3.05, 3.63) is 65.2 Å². The van der Waals surface area contributed by atoms with E-state index in [1.165, 1.54) is 23.8 Å². The molecule has 0 spiro atoms. The van der Waals surface area contributed by atoms with Gasteiger partial charge in [-0.1, -0.05) is 35.9 Å². The number of nitrogens with zero attached hydrogens (tertiary/aromatic N) is 1. The summed E-state index contributed by atoms with van der Waals surface area (Å²) in [5, 5.41) is 8.03. The van der Waals surface area contributed by atoms with Crippen molar-refractivity contribution in [2.75, 3.05) is 10.6 Å². The lowest BCUT2D eigenvalue weighted by Crippen LogP contribution is -2.13. The average molecular weight is 351 g/mol. The standard InChI is InChI=1S/C19H17N3O2S/c1-12-6-8-14(9-7-12)19-22-17(11-25-19)18(24)21-16-5-3-4-15(10-16)20-13(2)23/h3-11H,1-2H3,(H,20,23)(H,21,24). The minimum atomic E-state index is -0.283. The van der Waals surface area contributed by atoms with Gasteiger partial charge in [0.25, 0.3) is 5.91 Å². The van der Waals surface area contributed by atoms with Gasteiger partial charge >= 0.3 is 0 Å². The molecule has 1 heterocycles. The minimum Gasteiger partial charge on any atom is -0.326 e. The monoisotopic (exact) mass is 351 g/mol. The predicted molar refractivity (Wildman–Crippen MR) is 101 cm³/mol. The van der Waals surface area contributed by atoms with Gasteiger partial charge in [0, 0.05) is 29.2 Å². The first-order valence-electron chi connectivity index (χ1n) is 7.73. The Kier molecular flexibility index (Phi) is 4.90. The third kappa shape index (κ3) is 4.30. The minimum absolute atomic E-state index is 0.161. The number of carbonyl (C=O) groups is 2. The fourth-order valence-electron chi connectivity index (χ4n) is 2.28. The molecule has 126 valence electrons. The lowest BCUT2D eigenvalue weighted by atomic mass is 10.2. The van der Waals surface area contributed by atoms with Crippen molar-refractivity contribution >= 4 is 34.5 Å². The molecule has 2 aromatic carbocycles. The molecule has 0 aliphatic carbocycles. The summed E-state index contributed by atoms with van der Waals surface area (Å²) >= 11 is 1.43. The lowest BCUT2D eigenvalue weighted by Gasteiger charge is -2.06. The SMILES string of the molecule is CC(=O)Nc1cccc(NC(=O)c2csc(-c3ccc(C)cc3)n2)c1. The number of aryl methyl sites for hydroxylation is 1. The molecule has 2 amide bonds. The highest BCUT2D eigenvalue weighted by atomic mass is 32.1. The second-order valence-electron chi connectivity index (χ2n) is 5.62. The number of nitrogens with one attached hydrogen (secondary N) is 2. The highest BCUT2D eigenvalue weighted by Crippen LogP contribution is 2.24. The molecule has 0 saturated carbocycles. The van der Waals surface area contributed by atoms with Gasteiger partial charge in [-0.2, -0.15) is 0 Å². The highest BCUT2D eigenvalue weighted by molar-refractivity contribution is 7.13. The van der Waals surface area contributed by atoms with Crippen molar-refractivity contribution in [3.63, 3.8) is 0 Å². The Bertz CT molecular complexity index is 916. The van der Waals surface area contributed by atoms with Crippen LogP contribution in [0, 0.1) is 6.92 Å². The van der Waals surface area contributed by atoms with Gasteiger partial charge in [0.2, 0.25) is 5.91 Å². The summed E-state index contributed by atoms with van der Waals surface area (Å²) in [6, 6.07) is 15.0. The Hall–Kier alpha value is -2.99. The molecule has 2 N–H and O–H groups in total. The summed E-state index contributed by atoms with van der Waals surface area (Å²) in [6.45, 7) is 3.47. The Morgan fingerprint density at radius 3 is 2.36 bits per heavy atom. The first kappa shape index (κ1) is 16.9. The summed E-state index contributed by atoms with van der Waals surface area (Å²) in [4.78, 5) is 27.9. The molecular weight excluding hydrogens is 334 g/mol. The number of carbonyl (C=O) groups excluding carboxylic acids is 2. The molecule has 0 unspecified atom stereocenters. The van der Waals surface area contributed by atoms with Crippen LogP contribution in [0.1, 0.15) is 23.0 Å². The number of hydrogen-bond acceptors (Lipinski definition) is 4. The van der Waals surface area contributed by atoms with Crippen molar-refractivity contribution in [1.29, 1.82) is 0 Å². The van der Waals surface area contributed by atoms with Crippen LogP contribution in [0.4, 0.5) is 11.4 Å². The second-order valence-corrected chi connectivity index (χ2v) is 6.48. The van der Waals surface area contributed by atoms with Crippen LogP contribution in [-0.4, -0.2) is 16.8 Å². The molecule has 3 rings (SSSR count). The Labute approximate surface area is 149 Å². The summed E-state index contributed by atoms with van der Waals surface area (Å²) in [7, 11) is 0. The van der Waals surface area contributed by atoms with Crippen molar-refractivity contribution in [2.24, 2.45) is 0 Å². The zero-order valence-corrected chi connectivity index (χ0v) is 14.7. The molecule has 0 saturated heterocycles. The van der Waals surface area contributed by atoms with Crippen molar-refractivity contribution in [3.8, 4) is 10.6 Å². The van der Waals surface area contributed by atoms with E-state index in [0.29, 0.717) is 17.1 Å². The molecule has 0 fully saturated rings. The van der Waals surface area contributed by atoms with Crippen LogP contribution in [0.2, 0.25) is 0 Å². The quantitative estimate of drug-likeness (QED) is 0.735. The van der Waals surface area contributed by atoms with E-state index in [4.69, 9.17) is 0 Å². The van der Waals surface area contributed by atoms with Gasteiger partial charge in [-0.25, -0.2) is 4.98 Å². The molecule has 1 aromatic heterocycles. The van der Waals surface area contributed by atoms with E-state index in [1.807, 2.05) is 31.2 Å². The number of rotatable bonds is 4. The maximum atomic E-state index is 12.4. The number of amides is 2. The van der Waals surface area contributed by atoms with Gasteiger partial charge in [-0.3, -0.25) is 9.59 Å². The molecule has 0 atom stereocenters. The summed E-state index contributed by atoms with van der Waals surface area (Å²) < 4.78 is 0. The van der Waals surface area contributed by atoms with Crippen molar-refractivity contribution in [1.82, 2.24) is 4.98 Å². The number of benzene rings is 2. The highest BCUT2D eigenvalue weighted by Gasteiger charge is 2.12. The van der Waals surface area contributed by atoms with Crippen LogP contribution >= 0.6 is 11.3 Å². The largest absolute Gasteiger partial charge is 0.326 e. The molecule has 0 bridgehead atoms. The van der Waals surface area contributed by atoms with E-state index in [9.17, 15) is 9.59 Å². The van der Waals surface area contributed by atoms with Gasteiger partial charge < -0.3 is 10.6 Å². The molecule has 0 radical (unpaired) electrons. The number of anilines is 2. The molecule has 5 nitrogen and oxygen atoms in total. The fraction of sp³-hybridized carbons (Fsp3) is 0.105. The van der Waals surface area contributed by atoms with E-state index in [-0.39, 0.29) is 11.8 Å². The first-order chi connectivity index (χ1) is 12.0. The van der Waals surface area contributed by atoms with Gasteiger partial charge in [-0.15, -0.1) is 11.3 Å². The van der Waals surface area contributed by atoms with Crippen LogP contribution < -0.4 is 10.6 Å². The summed E-state index contributed by atoms with van der Waals surface area (Å²) in [5.74, 6) is -0.444. The van der Waals surface area contributed by atoms with Crippen LogP contribution in [0.15, 0.2) is 53.9 Å². The zero-order chi connectivity index (χ0) is 17.8. The molecule has 6 heteroatoms. The van der Waals surface area contributed by atoms with Crippen molar-refractivity contribution in [2.45, 2.75) is 13.8 Å². The van der Waals surface area contributed by atoms with Gasteiger partial charge in [0.15, 0.2) is 0 Å². The molecule has 25 heavy (non-hydrogen) atoms. The van der Waals surface area contributed by atoms with E-state index < -0.39 is 0 Å². The van der Waals surface area contributed by atoms with E-state index >= 15 is 0 Å². The fourth-order valence-corrected chi connectivity index (χ4v) is 3.09. The normalized spacial score (nSPS) is 10.3. The Balaban J connectivity index is 1.74. The third-order valence-electron chi connectivity index (χ3n) is 3.48. The van der Waals surface area contributed by atoms with Gasteiger partial charge in [0.05, 0.1) is 0 Å². The van der Waals surface area contributed by atoms with Crippen LogP contribution in [-0.2, 0) is 4.79 Å². The van der Waals surface area contributed by atoms with Crippen molar-refractivity contribution < 1.29 is 9.59 Å². The summed E-state index contributed by atoms with van der Waals surface area (Å²) in [5.41, 5.74) is 3.76. The van der Waals surface area contributed by atoms with Gasteiger partial charge in [-0.05, 0) is 25.1 Å². The number of hydrogen-bond donors (Lipinski definition) is 2.